The van der Waals surface area contributed by atoms with Crippen LogP contribution in [0.4, 0.5) is 0 Å². The first-order valence-electron chi connectivity index (χ1n) is 6.44. The van der Waals surface area contributed by atoms with Gasteiger partial charge in [0.2, 0.25) is 0 Å². The van der Waals surface area contributed by atoms with Crippen molar-refractivity contribution in [2.24, 2.45) is 0 Å². The quantitative estimate of drug-likeness (QED) is 0.696. The molecule has 0 spiro atoms. The van der Waals surface area contributed by atoms with Crippen molar-refractivity contribution in [2.75, 3.05) is 7.11 Å². The van der Waals surface area contributed by atoms with E-state index in [9.17, 15) is 9.59 Å². The van der Waals surface area contributed by atoms with Gasteiger partial charge in [-0.1, -0.05) is 23.5 Å². The monoisotopic (exact) mass is 299 g/mol. The van der Waals surface area contributed by atoms with E-state index >= 15 is 0 Å². The number of rotatable bonds is 4. The number of fused-ring (bicyclic) bond motifs is 1. The van der Waals surface area contributed by atoms with Crippen molar-refractivity contribution < 1.29 is 9.53 Å². The van der Waals surface area contributed by atoms with Crippen LogP contribution in [0.15, 0.2) is 53.3 Å². The highest BCUT2D eigenvalue weighted by Gasteiger charge is 2.12. The molecular weight excluding hydrogens is 286 g/mol. The first-order valence-corrected chi connectivity index (χ1v) is 7.26. The van der Waals surface area contributed by atoms with Gasteiger partial charge in [-0.3, -0.25) is 14.2 Å². The van der Waals surface area contributed by atoms with Gasteiger partial charge in [-0.2, -0.15) is 0 Å². The van der Waals surface area contributed by atoms with Gasteiger partial charge in [-0.25, -0.2) is 0 Å². The van der Waals surface area contributed by atoms with Crippen LogP contribution in [0.25, 0.3) is 10.2 Å². The third-order valence-electron chi connectivity index (χ3n) is 3.29. The summed E-state index contributed by atoms with van der Waals surface area (Å²) >= 11 is 1.16. The largest absolute Gasteiger partial charge is 0.497 e. The smallest absolute Gasteiger partial charge is 0.308 e. The number of ether oxygens (including phenoxy) is 1. The molecule has 4 nitrogen and oxygen atoms in total. The minimum Gasteiger partial charge on any atom is -0.497 e. The maximum atomic E-state index is 12.3. The maximum absolute atomic E-state index is 12.3. The number of methoxy groups -OCH3 is 1. The number of benzene rings is 2. The van der Waals surface area contributed by atoms with E-state index < -0.39 is 0 Å². The van der Waals surface area contributed by atoms with Crippen molar-refractivity contribution >= 4 is 27.3 Å². The average Bonchev–Trinajstić information content (AvgIpc) is 2.83. The van der Waals surface area contributed by atoms with Crippen LogP contribution in [0.1, 0.15) is 10.4 Å². The molecule has 0 atom stereocenters. The van der Waals surface area contributed by atoms with E-state index in [-0.39, 0.29) is 17.2 Å². The molecule has 0 aliphatic rings. The minimum atomic E-state index is -0.113. The number of hydrogen-bond acceptors (Lipinski definition) is 4. The Labute approximate surface area is 125 Å². The molecule has 5 heteroatoms. The van der Waals surface area contributed by atoms with Crippen molar-refractivity contribution in [3.63, 3.8) is 0 Å². The molecule has 0 saturated carbocycles. The third kappa shape index (κ3) is 2.60. The summed E-state index contributed by atoms with van der Waals surface area (Å²) in [6, 6.07) is 14.4. The number of nitrogens with zero attached hydrogens (tertiary/aromatic N) is 1. The van der Waals surface area contributed by atoms with Crippen LogP contribution in [0.3, 0.4) is 0 Å². The summed E-state index contributed by atoms with van der Waals surface area (Å²) in [5.74, 6) is 0.605. The summed E-state index contributed by atoms with van der Waals surface area (Å²) < 4.78 is 7.48. The Morgan fingerprint density at radius 2 is 1.86 bits per heavy atom. The van der Waals surface area contributed by atoms with E-state index in [1.54, 1.807) is 31.4 Å². The summed E-state index contributed by atoms with van der Waals surface area (Å²) in [4.78, 5) is 24.2. The Bertz CT molecular complexity index is 846. The highest BCUT2D eigenvalue weighted by molar-refractivity contribution is 7.16. The predicted octanol–water partition coefficient (Wildman–Crippen LogP) is 2.95. The molecule has 0 saturated heterocycles. The van der Waals surface area contributed by atoms with Crippen LogP contribution >= 0.6 is 11.3 Å². The Hall–Kier alpha value is -2.40. The Kier molecular flexibility index (Phi) is 3.58. The van der Waals surface area contributed by atoms with Crippen molar-refractivity contribution in [2.45, 2.75) is 6.54 Å². The molecule has 3 aromatic rings. The number of carbonyl (C=O) groups is 1. The molecule has 0 bridgehead atoms. The van der Waals surface area contributed by atoms with Crippen LogP contribution in [0.5, 0.6) is 5.75 Å². The normalized spacial score (nSPS) is 10.7. The Balaban J connectivity index is 1.92. The van der Waals surface area contributed by atoms with E-state index in [2.05, 4.69) is 0 Å². The van der Waals surface area contributed by atoms with E-state index in [1.807, 2.05) is 24.3 Å². The van der Waals surface area contributed by atoms with Crippen LogP contribution < -0.4 is 9.61 Å². The number of thiazole rings is 1. The van der Waals surface area contributed by atoms with Gasteiger partial charge in [0.25, 0.3) is 0 Å². The highest BCUT2D eigenvalue weighted by Crippen LogP contribution is 2.17. The fourth-order valence-electron chi connectivity index (χ4n) is 2.18. The summed E-state index contributed by atoms with van der Waals surface area (Å²) in [5, 5.41) is 0. The van der Waals surface area contributed by atoms with E-state index in [0.717, 1.165) is 21.6 Å². The second kappa shape index (κ2) is 5.54. The molecule has 2 aromatic carbocycles. The van der Waals surface area contributed by atoms with Gasteiger partial charge in [0.05, 0.1) is 23.9 Å². The van der Waals surface area contributed by atoms with Crippen molar-refractivity contribution in [1.82, 2.24) is 4.57 Å². The lowest BCUT2D eigenvalue weighted by atomic mass is 10.1. The van der Waals surface area contributed by atoms with Gasteiger partial charge in [0, 0.05) is 5.56 Å². The van der Waals surface area contributed by atoms with Gasteiger partial charge >= 0.3 is 4.87 Å². The van der Waals surface area contributed by atoms with Gasteiger partial charge in [-0.05, 0) is 36.4 Å². The maximum Gasteiger partial charge on any atom is 0.308 e. The number of aromatic nitrogens is 1. The van der Waals surface area contributed by atoms with E-state index in [0.29, 0.717) is 11.3 Å². The minimum absolute atomic E-state index is 0.0508. The molecule has 0 amide bonds. The number of carbonyl (C=O) groups excluding carboxylic acids is 1. The predicted molar refractivity (Wildman–Crippen MR) is 83.4 cm³/mol. The molecule has 1 aromatic heterocycles. The summed E-state index contributed by atoms with van der Waals surface area (Å²) in [7, 11) is 1.58. The van der Waals surface area contributed by atoms with Crippen molar-refractivity contribution in [3.05, 3.63) is 63.8 Å². The van der Waals surface area contributed by atoms with Gasteiger partial charge in [0.15, 0.2) is 5.78 Å². The van der Waals surface area contributed by atoms with Gasteiger partial charge < -0.3 is 4.74 Å². The third-order valence-corrected chi connectivity index (χ3v) is 4.25. The Morgan fingerprint density at radius 3 is 2.57 bits per heavy atom. The lowest BCUT2D eigenvalue weighted by Gasteiger charge is -2.04. The molecule has 0 N–H and O–H groups in total. The first kappa shape index (κ1) is 13.6. The molecule has 1 heterocycles. The number of Topliss-reactive ketones (excluding diaryl/α,β-unsaturated/α-hetero) is 1. The molecule has 0 aliphatic carbocycles. The zero-order valence-electron chi connectivity index (χ0n) is 11.4. The number of para-hydroxylation sites is 1. The van der Waals surface area contributed by atoms with Crippen LogP contribution in [-0.2, 0) is 6.54 Å². The highest BCUT2D eigenvalue weighted by atomic mass is 32.1. The van der Waals surface area contributed by atoms with E-state index in [1.165, 1.54) is 4.57 Å². The molecule has 3 rings (SSSR count). The molecular formula is C16H13NO3S. The van der Waals surface area contributed by atoms with Gasteiger partial charge in [0.1, 0.15) is 5.75 Å². The Morgan fingerprint density at radius 1 is 1.14 bits per heavy atom. The molecule has 0 fully saturated rings. The zero-order chi connectivity index (χ0) is 14.8. The standard InChI is InChI=1S/C16H13NO3S/c1-20-12-8-6-11(7-9-12)14(18)10-17-13-4-2-3-5-15(13)21-16(17)19/h2-9H,10H2,1H3. The fourth-order valence-corrected chi connectivity index (χ4v) is 3.07. The first-order chi connectivity index (χ1) is 10.2. The van der Waals surface area contributed by atoms with Gasteiger partial charge in [-0.15, -0.1) is 0 Å². The summed E-state index contributed by atoms with van der Waals surface area (Å²) in [5.41, 5.74) is 1.37. The lowest BCUT2D eigenvalue weighted by molar-refractivity contribution is 0.0973. The van der Waals surface area contributed by atoms with Crippen molar-refractivity contribution in [3.8, 4) is 5.75 Å². The summed E-state index contributed by atoms with van der Waals surface area (Å²) in [6.45, 7) is 0.0508. The fraction of sp³-hybridized carbons (Fsp3) is 0.125. The molecule has 0 unspecified atom stereocenters. The summed E-state index contributed by atoms with van der Waals surface area (Å²) in [6.07, 6.45) is 0. The second-order valence-electron chi connectivity index (χ2n) is 4.57. The number of ketones is 1. The van der Waals surface area contributed by atoms with Crippen LogP contribution in [0, 0.1) is 0 Å². The zero-order valence-corrected chi connectivity index (χ0v) is 12.2. The topological polar surface area (TPSA) is 48.3 Å². The SMILES string of the molecule is COc1ccc(C(=O)Cn2c(=O)sc3ccccc32)cc1. The second-order valence-corrected chi connectivity index (χ2v) is 5.57. The molecule has 0 aliphatic heterocycles. The number of hydrogen-bond donors (Lipinski definition) is 0. The molecule has 106 valence electrons. The van der Waals surface area contributed by atoms with Crippen LogP contribution in [0.2, 0.25) is 0 Å². The van der Waals surface area contributed by atoms with E-state index in [4.69, 9.17) is 4.74 Å². The average molecular weight is 299 g/mol. The molecule has 0 radical (unpaired) electrons. The molecule has 21 heavy (non-hydrogen) atoms. The van der Waals surface area contributed by atoms with Crippen LogP contribution in [-0.4, -0.2) is 17.5 Å². The lowest BCUT2D eigenvalue weighted by Crippen LogP contribution is -2.19. The van der Waals surface area contributed by atoms with Crippen molar-refractivity contribution in [1.29, 1.82) is 0 Å².